The lowest BCUT2D eigenvalue weighted by Crippen LogP contribution is -2.40. The van der Waals surface area contributed by atoms with Crippen molar-refractivity contribution in [3.8, 4) is 5.75 Å². The van der Waals surface area contributed by atoms with Gasteiger partial charge in [0.2, 0.25) is 0 Å². The number of carbonyl (C=O) groups excluding carboxylic acids is 2. The van der Waals surface area contributed by atoms with E-state index in [9.17, 15) is 9.59 Å². The van der Waals surface area contributed by atoms with E-state index in [0.717, 1.165) is 11.1 Å². The highest BCUT2D eigenvalue weighted by atomic mass is 16.3. The zero-order chi connectivity index (χ0) is 15.8. The highest BCUT2D eigenvalue weighted by Gasteiger charge is 2.12. The lowest BCUT2D eigenvalue weighted by molar-refractivity contribution is -0.139. The minimum Gasteiger partial charge on any atom is -0.508 e. The number of benzene rings is 1. The minimum absolute atomic E-state index is 0.197. The molecule has 0 aliphatic rings. The van der Waals surface area contributed by atoms with Crippen LogP contribution >= 0.6 is 0 Å². The Kier molecular flexibility index (Phi) is 5.48. The molecule has 2 rings (SSSR count). The van der Waals surface area contributed by atoms with Crippen LogP contribution in [0, 0.1) is 0 Å². The van der Waals surface area contributed by atoms with Gasteiger partial charge in [-0.15, -0.1) is 0 Å². The lowest BCUT2D eigenvalue weighted by atomic mass is 10.1. The van der Waals surface area contributed by atoms with Crippen LogP contribution in [0.2, 0.25) is 0 Å². The molecule has 0 atom stereocenters. The fourth-order valence-corrected chi connectivity index (χ4v) is 1.83. The average molecular weight is 299 g/mol. The first-order chi connectivity index (χ1) is 10.6. The van der Waals surface area contributed by atoms with Crippen molar-refractivity contribution in [2.75, 3.05) is 6.54 Å². The standard InChI is InChI=1S/C16H17N3O3/c20-14-3-1-12(2-4-14)7-10-18-15(21)16(22)19-11-13-5-8-17-9-6-13/h1-6,8-9,20H,7,10-11H2,(H,18,21)(H,19,22). The lowest BCUT2D eigenvalue weighted by Gasteiger charge is -2.07. The molecule has 0 aliphatic carbocycles. The zero-order valence-electron chi connectivity index (χ0n) is 12.0. The average Bonchev–Trinajstić information content (AvgIpc) is 2.55. The highest BCUT2D eigenvalue weighted by Crippen LogP contribution is 2.09. The van der Waals surface area contributed by atoms with Crippen molar-refractivity contribution in [1.82, 2.24) is 15.6 Å². The molecule has 0 unspecified atom stereocenters. The summed E-state index contributed by atoms with van der Waals surface area (Å²) in [6, 6.07) is 10.2. The van der Waals surface area contributed by atoms with Gasteiger partial charge >= 0.3 is 11.8 Å². The first-order valence-corrected chi connectivity index (χ1v) is 6.88. The van der Waals surface area contributed by atoms with E-state index in [2.05, 4.69) is 15.6 Å². The number of nitrogens with zero attached hydrogens (tertiary/aromatic N) is 1. The van der Waals surface area contributed by atoms with Gasteiger partial charge in [-0.25, -0.2) is 0 Å². The molecule has 6 nitrogen and oxygen atoms in total. The molecule has 2 amide bonds. The Hall–Kier alpha value is -2.89. The number of carbonyl (C=O) groups is 2. The SMILES string of the molecule is O=C(NCCc1ccc(O)cc1)C(=O)NCc1ccncc1. The second kappa shape index (κ2) is 7.78. The third kappa shape index (κ3) is 4.90. The minimum atomic E-state index is -0.664. The summed E-state index contributed by atoms with van der Waals surface area (Å²) >= 11 is 0. The summed E-state index contributed by atoms with van der Waals surface area (Å²) in [5.41, 5.74) is 1.84. The monoisotopic (exact) mass is 299 g/mol. The maximum atomic E-state index is 11.6. The predicted octanol–water partition coefficient (Wildman–Crippen LogP) is 0.762. The Morgan fingerprint density at radius 3 is 2.23 bits per heavy atom. The molecule has 0 radical (unpaired) electrons. The summed E-state index contributed by atoms with van der Waals surface area (Å²) < 4.78 is 0. The fourth-order valence-electron chi connectivity index (χ4n) is 1.83. The van der Waals surface area contributed by atoms with Crippen LogP contribution in [-0.2, 0) is 22.6 Å². The van der Waals surface area contributed by atoms with Gasteiger partial charge in [0.25, 0.3) is 0 Å². The Labute approximate surface area is 128 Å². The Bertz CT molecular complexity index is 627. The van der Waals surface area contributed by atoms with E-state index in [1.165, 1.54) is 0 Å². The molecule has 114 valence electrons. The van der Waals surface area contributed by atoms with Crippen molar-refractivity contribution in [3.05, 3.63) is 59.9 Å². The molecular formula is C16H17N3O3. The number of nitrogens with one attached hydrogen (secondary N) is 2. The van der Waals surface area contributed by atoms with E-state index in [0.29, 0.717) is 13.0 Å². The van der Waals surface area contributed by atoms with Crippen molar-refractivity contribution >= 4 is 11.8 Å². The number of hydrogen-bond donors (Lipinski definition) is 3. The molecule has 0 spiro atoms. The van der Waals surface area contributed by atoms with Crippen molar-refractivity contribution in [2.24, 2.45) is 0 Å². The molecule has 0 saturated heterocycles. The first-order valence-electron chi connectivity index (χ1n) is 6.88. The molecule has 1 aromatic heterocycles. The van der Waals surface area contributed by atoms with E-state index in [4.69, 9.17) is 5.11 Å². The molecule has 0 fully saturated rings. The number of phenols is 1. The quantitative estimate of drug-likeness (QED) is 0.711. The third-order valence-electron chi connectivity index (χ3n) is 3.04. The van der Waals surface area contributed by atoms with Gasteiger partial charge in [-0.05, 0) is 41.8 Å². The van der Waals surface area contributed by atoms with Crippen LogP contribution < -0.4 is 10.6 Å². The molecule has 1 aromatic carbocycles. The number of phenolic OH excluding ortho intramolecular Hbond substituents is 1. The van der Waals surface area contributed by atoms with Gasteiger partial charge in [-0.1, -0.05) is 12.1 Å². The van der Waals surface area contributed by atoms with Crippen molar-refractivity contribution in [1.29, 1.82) is 0 Å². The van der Waals surface area contributed by atoms with Crippen LogP contribution in [0.25, 0.3) is 0 Å². The number of amides is 2. The highest BCUT2D eigenvalue weighted by molar-refractivity contribution is 6.35. The van der Waals surface area contributed by atoms with Crippen molar-refractivity contribution in [2.45, 2.75) is 13.0 Å². The van der Waals surface area contributed by atoms with Gasteiger partial charge in [0.1, 0.15) is 5.75 Å². The molecule has 22 heavy (non-hydrogen) atoms. The van der Waals surface area contributed by atoms with Crippen molar-refractivity contribution < 1.29 is 14.7 Å². The van der Waals surface area contributed by atoms with E-state index in [1.54, 1.807) is 48.8 Å². The van der Waals surface area contributed by atoms with E-state index in [-0.39, 0.29) is 12.3 Å². The van der Waals surface area contributed by atoms with Crippen LogP contribution in [-0.4, -0.2) is 28.4 Å². The molecule has 3 N–H and O–H groups in total. The van der Waals surface area contributed by atoms with Gasteiger partial charge in [-0.3, -0.25) is 14.6 Å². The van der Waals surface area contributed by atoms with E-state index >= 15 is 0 Å². The second-order valence-corrected chi connectivity index (χ2v) is 4.71. The maximum absolute atomic E-state index is 11.6. The molecule has 0 saturated carbocycles. The summed E-state index contributed by atoms with van der Waals surface area (Å²) in [7, 11) is 0. The van der Waals surface area contributed by atoms with Crippen LogP contribution in [0.3, 0.4) is 0 Å². The number of hydrogen-bond acceptors (Lipinski definition) is 4. The van der Waals surface area contributed by atoms with E-state index in [1.807, 2.05) is 0 Å². The van der Waals surface area contributed by atoms with Crippen LogP contribution in [0.15, 0.2) is 48.8 Å². The molecule has 1 heterocycles. The second-order valence-electron chi connectivity index (χ2n) is 4.71. The van der Waals surface area contributed by atoms with Gasteiger partial charge in [0, 0.05) is 25.5 Å². The zero-order valence-corrected chi connectivity index (χ0v) is 12.0. The summed E-state index contributed by atoms with van der Waals surface area (Å²) in [5, 5.41) is 14.3. The van der Waals surface area contributed by atoms with Gasteiger partial charge in [0.05, 0.1) is 0 Å². The normalized spacial score (nSPS) is 10.0. The molecule has 0 aliphatic heterocycles. The predicted molar refractivity (Wildman–Crippen MR) is 80.9 cm³/mol. The number of rotatable bonds is 5. The molecule has 2 aromatic rings. The largest absolute Gasteiger partial charge is 0.508 e. The smallest absolute Gasteiger partial charge is 0.309 e. The summed E-state index contributed by atoms with van der Waals surface area (Å²) in [6.07, 6.45) is 3.84. The first kappa shape index (κ1) is 15.5. The van der Waals surface area contributed by atoms with E-state index < -0.39 is 11.8 Å². The van der Waals surface area contributed by atoms with Crippen LogP contribution in [0.4, 0.5) is 0 Å². The van der Waals surface area contributed by atoms with Crippen LogP contribution in [0.1, 0.15) is 11.1 Å². The number of aromatic nitrogens is 1. The molecular weight excluding hydrogens is 282 g/mol. The topological polar surface area (TPSA) is 91.3 Å². The summed E-state index contributed by atoms with van der Waals surface area (Å²) in [4.78, 5) is 27.1. The fraction of sp³-hybridized carbons (Fsp3) is 0.188. The van der Waals surface area contributed by atoms with Crippen molar-refractivity contribution in [3.63, 3.8) is 0 Å². The maximum Gasteiger partial charge on any atom is 0.309 e. The van der Waals surface area contributed by atoms with Gasteiger partial charge < -0.3 is 15.7 Å². The molecule has 6 heteroatoms. The summed E-state index contributed by atoms with van der Waals surface area (Å²) in [6.45, 7) is 0.638. The number of pyridine rings is 1. The Morgan fingerprint density at radius 1 is 0.909 bits per heavy atom. The van der Waals surface area contributed by atoms with Gasteiger partial charge in [-0.2, -0.15) is 0 Å². The number of aromatic hydroxyl groups is 1. The summed E-state index contributed by atoms with van der Waals surface area (Å²) in [5.74, 6) is -1.13. The molecule has 0 bridgehead atoms. The Balaban J connectivity index is 1.70. The third-order valence-corrected chi connectivity index (χ3v) is 3.04. The van der Waals surface area contributed by atoms with Gasteiger partial charge in [0.15, 0.2) is 0 Å². The van der Waals surface area contributed by atoms with Crippen LogP contribution in [0.5, 0.6) is 5.75 Å². The Morgan fingerprint density at radius 2 is 1.55 bits per heavy atom.